The van der Waals surface area contributed by atoms with E-state index in [1.165, 1.54) is 12.4 Å². The van der Waals surface area contributed by atoms with Crippen LogP contribution in [0.25, 0.3) is 0 Å². The minimum Gasteiger partial charge on any atom is -0.388 e. The van der Waals surface area contributed by atoms with Crippen molar-refractivity contribution in [2.45, 2.75) is 19.4 Å². The van der Waals surface area contributed by atoms with E-state index in [1.54, 1.807) is 25.1 Å². The van der Waals surface area contributed by atoms with E-state index in [2.05, 4.69) is 15.3 Å². The maximum absolute atomic E-state index is 11.8. The zero-order chi connectivity index (χ0) is 16.1. The largest absolute Gasteiger partial charge is 0.388 e. The third-order valence-corrected chi connectivity index (χ3v) is 3.78. The Kier molecular flexibility index (Phi) is 5.71. The Balaban J connectivity index is 1.86. The van der Waals surface area contributed by atoms with Crippen molar-refractivity contribution in [3.8, 4) is 0 Å². The zero-order valence-corrected chi connectivity index (χ0v) is 13.4. The summed E-state index contributed by atoms with van der Waals surface area (Å²) in [4.78, 5) is 19.8. The van der Waals surface area contributed by atoms with Crippen LogP contribution in [0.5, 0.6) is 0 Å². The maximum Gasteiger partial charge on any atom is 0.271 e. The highest BCUT2D eigenvalue weighted by Gasteiger charge is 2.11. The molecule has 0 bridgehead atoms. The van der Waals surface area contributed by atoms with Crippen LogP contribution < -0.4 is 5.32 Å². The quantitative estimate of drug-likeness (QED) is 0.878. The van der Waals surface area contributed by atoms with E-state index >= 15 is 0 Å². The smallest absolute Gasteiger partial charge is 0.271 e. The molecule has 22 heavy (non-hydrogen) atoms. The van der Waals surface area contributed by atoms with Gasteiger partial charge < -0.3 is 10.4 Å². The molecular weight excluding hydrogens is 325 g/mol. The normalized spacial score (nSPS) is 12.0. The monoisotopic (exact) mass is 339 g/mol. The summed E-state index contributed by atoms with van der Waals surface area (Å²) in [6, 6.07) is 4.94. The van der Waals surface area contributed by atoms with Crippen LogP contribution >= 0.6 is 23.2 Å². The van der Waals surface area contributed by atoms with Crippen LogP contribution in [0.15, 0.2) is 30.6 Å². The van der Waals surface area contributed by atoms with Gasteiger partial charge in [0.25, 0.3) is 5.91 Å². The Bertz CT molecular complexity index is 662. The SMILES string of the molecule is Cc1cnc(C(=O)NCCC(O)c2ccc(Cl)c(Cl)c2)cn1. The minimum absolute atomic E-state index is 0.245. The molecule has 1 atom stereocenters. The zero-order valence-electron chi connectivity index (χ0n) is 11.9. The molecule has 2 N–H and O–H groups in total. The number of carbonyl (C=O) groups excluding carboxylic acids is 1. The van der Waals surface area contributed by atoms with Gasteiger partial charge >= 0.3 is 0 Å². The summed E-state index contributed by atoms with van der Waals surface area (Å²) in [6.07, 6.45) is 2.56. The van der Waals surface area contributed by atoms with Crippen LogP contribution in [-0.4, -0.2) is 27.5 Å². The molecule has 0 spiro atoms. The predicted molar refractivity (Wildman–Crippen MR) is 85.1 cm³/mol. The summed E-state index contributed by atoms with van der Waals surface area (Å²) >= 11 is 11.7. The van der Waals surface area contributed by atoms with E-state index in [0.717, 1.165) is 5.69 Å². The molecule has 1 unspecified atom stereocenters. The van der Waals surface area contributed by atoms with Crippen molar-refractivity contribution in [1.82, 2.24) is 15.3 Å². The third-order valence-electron chi connectivity index (χ3n) is 3.05. The number of aryl methyl sites for hydroxylation is 1. The lowest BCUT2D eigenvalue weighted by molar-refractivity contribution is 0.0937. The van der Waals surface area contributed by atoms with E-state index in [9.17, 15) is 9.90 Å². The van der Waals surface area contributed by atoms with Gasteiger partial charge in [-0.2, -0.15) is 0 Å². The fraction of sp³-hybridized carbons (Fsp3) is 0.267. The summed E-state index contributed by atoms with van der Waals surface area (Å²) in [7, 11) is 0. The summed E-state index contributed by atoms with van der Waals surface area (Å²) in [5.41, 5.74) is 1.64. The number of nitrogens with zero attached hydrogens (tertiary/aromatic N) is 2. The van der Waals surface area contributed by atoms with Gasteiger partial charge in [0, 0.05) is 12.7 Å². The molecule has 1 heterocycles. The molecule has 0 radical (unpaired) electrons. The van der Waals surface area contributed by atoms with Gasteiger partial charge in [-0.15, -0.1) is 0 Å². The molecular formula is C15H15Cl2N3O2. The van der Waals surface area contributed by atoms with E-state index in [0.29, 0.717) is 28.6 Å². The lowest BCUT2D eigenvalue weighted by atomic mass is 10.1. The Morgan fingerprint density at radius 2 is 2.05 bits per heavy atom. The maximum atomic E-state index is 11.8. The molecule has 0 saturated heterocycles. The van der Waals surface area contributed by atoms with Crippen molar-refractivity contribution >= 4 is 29.1 Å². The van der Waals surface area contributed by atoms with Gasteiger partial charge in [-0.3, -0.25) is 9.78 Å². The van der Waals surface area contributed by atoms with Gasteiger partial charge in [-0.1, -0.05) is 29.3 Å². The Hall–Kier alpha value is -1.69. The summed E-state index contributed by atoms with van der Waals surface area (Å²) in [5, 5.41) is 13.6. The third kappa shape index (κ3) is 4.40. The number of halogens is 2. The molecule has 5 nitrogen and oxygen atoms in total. The number of amides is 1. The number of rotatable bonds is 5. The Morgan fingerprint density at radius 3 is 2.68 bits per heavy atom. The predicted octanol–water partition coefficient (Wildman–Crippen LogP) is 2.95. The van der Waals surface area contributed by atoms with Crippen LogP contribution in [0.4, 0.5) is 0 Å². The highest BCUT2D eigenvalue weighted by atomic mass is 35.5. The second-order valence-electron chi connectivity index (χ2n) is 4.78. The highest BCUT2D eigenvalue weighted by Crippen LogP contribution is 2.26. The molecule has 2 rings (SSSR count). The number of nitrogens with one attached hydrogen (secondary N) is 1. The van der Waals surface area contributed by atoms with Crippen LogP contribution in [0, 0.1) is 6.92 Å². The molecule has 7 heteroatoms. The number of benzene rings is 1. The summed E-state index contributed by atoms with van der Waals surface area (Å²) < 4.78 is 0. The van der Waals surface area contributed by atoms with Gasteiger partial charge in [0.15, 0.2) is 0 Å². The van der Waals surface area contributed by atoms with Gasteiger partial charge in [0.1, 0.15) is 5.69 Å². The van der Waals surface area contributed by atoms with Crippen molar-refractivity contribution in [2.24, 2.45) is 0 Å². The minimum atomic E-state index is -0.737. The summed E-state index contributed by atoms with van der Waals surface area (Å²) in [5.74, 6) is -0.325. The van der Waals surface area contributed by atoms with Crippen LogP contribution in [-0.2, 0) is 0 Å². The fourth-order valence-corrected chi connectivity index (χ4v) is 2.12. The molecule has 0 saturated carbocycles. The topological polar surface area (TPSA) is 75.1 Å². The van der Waals surface area contributed by atoms with Crippen LogP contribution in [0.2, 0.25) is 10.0 Å². The molecule has 0 aliphatic carbocycles. The Labute approximate surface area is 138 Å². The second kappa shape index (κ2) is 7.54. The lowest BCUT2D eigenvalue weighted by Gasteiger charge is -2.12. The van der Waals surface area contributed by atoms with Gasteiger partial charge in [-0.25, -0.2) is 4.98 Å². The van der Waals surface area contributed by atoms with E-state index in [4.69, 9.17) is 23.2 Å². The average Bonchev–Trinajstić information content (AvgIpc) is 2.50. The molecule has 0 aliphatic heterocycles. The number of hydrogen-bond acceptors (Lipinski definition) is 4. The first-order valence-electron chi connectivity index (χ1n) is 6.67. The first-order chi connectivity index (χ1) is 10.5. The molecule has 1 aromatic carbocycles. The number of aliphatic hydroxyl groups is 1. The van der Waals surface area contributed by atoms with E-state index in [1.807, 2.05) is 0 Å². The molecule has 1 aromatic heterocycles. The number of aromatic nitrogens is 2. The highest BCUT2D eigenvalue weighted by molar-refractivity contribution is 6.42. The Morgan fingerprint density at radius 1 is 1.27 bits per heavy atom. The molecule has 0 aliphatic rings. The van der Waals surface area contributed by atoms with Crippen LogP contribution in [0.3, 0.4) is 0 Å². The fourth-order valence-electron chi connectivity index (χ4n) is 1.81. The standard InChI is InChI=1S/C15H15Cl2N3O2/c1-9-7-20-13(8-19-9)15(22)18-5-4-14(21)10-2-3-11(16)12(17)6-10/h2-3,6-8,14,21H,4-5H2,1H3,(H,18,22). The first kappa shape index (κ1) is 16.7. The van der Waals surface area contributed by atoms with Gasteiger partial charge in [-0.05, 0) is 31.0 Å². The molecule has 1 amide bonds. The van der Waals surface area contributed by atoms with E-state index < -0.39 is 6.10 Å². The number of carbonyl (C=O) groups is 1. The van der Waals surface area contributed by atoms with Gasteiger partial charge in [0.05, 0.1) is 28.0 Å². The molecule has 2 aromatic rings. The number of aliphatic hydroxyl groups excluding tert-OH is 1. The molecule has 116 valence electrons. The first-order valence-corrected chi connectivity index (χ1v) is 7.43. The second-order valence-corrected chi connectivity index (χ2v) is 5.59. The average molecular weight is 340 g/mol. The summed E-state index contributed by atoms with van der Waals surface area (Å²) in [6.45, 7) is 2.10. The van der Waals surface area contributed by atoms with Crippen molar-refractivity contribution < 1.29 is 9.90 Å². The van der Waals surface area contributed by atoms with Crippen LogP contribution in [0.1, 0.15) is 34.3 Å². The van der Waals surface area contributed by atoms with Crippen molar-refractivity contribution in [2.75, 3.05) is 6.54 Å². The number of hydrogen-bond donors (Lipinski definition) is 2. The lowest BCUT2D eigenvalue weighted by Crippen LogP contribution is -2.26. The van der Waals surface area contributed by atoms with Crippen molar-refractivity contribution in [1.29, 1.82) is 0 Å². The van der Waals surface area contributed by atoms with E-state index in [-0.39, 0.29) is 11.6 Å². The van der Waals surface area contributed by atoms with Gasteiger partial charge in [0.2, 0.25) is 0 Å². The van der Waals surface area contributed by atoms with Crippen molar-refractivity contribution in [3.05, 3.63) is 57.6 Å². The molecule has 0 fully saturated rings. The van der Waals surface area contributed by atoms with Crippen molar-refractivity contribution in [3.63, 3.8) is 0 Å².